The van der Waals surface area contributed by atoms with Crippen molar-refractivity contribution in [2.45, 2.75) is 20.0 Å². The van der Waals surface area contributed by atoms with E-state index in [0.29, 0.717) is 17.9 Å². The number of amides is 1. The highest BCUT2D eigenvalue weighted by Gasteiger charge is 2.16. The van der Waals surface area contributed by atoms with Gasteiger partial charge in [-0.3, -0.25) is 9.69 Å². The Morgan fingerprint density at radius 2 is 2.08 bits per heavy atom. The van der Waals surface area contributed by atoms with Gasteiger partial charge in [0.15, 0.2) is 6.10 Å². The summed E-state index contributed by atoms with van der Waals surface area (Å²) in [6, 6.07) is 6.69. The van der Waals surface area contributed by atoms with Gasteiger partial charge in [0.25, 0.3) is 5.91 Å². The van der Waals surface area contributed by atoms with Gasteiger partial charge in [0.1, 0.15) is 11.3 Å². The lowest BCUT2D eigenvalue weighted by Crippen LogP contribution is -2.43. The molecule has 1 N–H and O–H groups in total. The Balaban J connectivity index is 1.54. The Morgan fingerprint density at radius 1 is 1.31 bits per heavy atom. The zero-order chi connectivity index (χ0) is 18.5. The summed E-state index contributed by atoms with van der Waals surface area (Å²) in [5.74, 6) is 0.311. The lowest BCUT2D eigenvalue weighted by Gasteiger charge is -2.26. The van der Waals surface area contributed by atoms with E-state index < -0.39 is 11.7 Å². The number of nitrogens with one attached hydrogen (secondary N) is 1. The molecule has 2 heterocycles. The van der Waals surface area contributed by atoms with Crippen molar-refractivity contribution in [3.05, 3.63) is 40.2 Å². The van der Waals surface area contributed by atoms with E-state index in [0.717, 1.165) is 43.8 Å². The standard InChI is InChI=1S/C19H24N2O5/c1-13-11-18(22)26-17-12-15(3-4-16(13)17)25-14(2)19(23)20-5-6-21-7-9-24-10-8-21/h3-4,11-12,14H,5-10H2,1-2H3,(H,20,23). The van der Waals surface area contributed by atoms with Gasteiger partial charge in [-0.25, -0.2) is 4.79 Å². The third-order valence-electron chi connectivity index (χ3n) is 4.44. The number of hydrogen-bond acceptors (Lipinski definition) is 6. The summed E-state index contributed by atoms with van der Waals surface area (Å²) < 4.78 is 16.2. The number of benzene rings is 1. The minimum absolute atomic E-state index is 0.177. The number of hydrogen-bond donors (Lipinski definition) is 1. The molecule has 1 unspecified atom stereocenters. The van der Waals surface area contributed by atoms with Crippen LogP contribution in [0.4, 0.5) is 0 Å². The second kappa shape index (κ2) is 8.33. The van der Waals surface area contributed by atoms with Crippen molar-refractivity contribution in [1.82, 2.24) is 10.2 Å². The van der Waals surface area contributed by atoms with Gasteiger partial charge in [-0.1, -0.05) is 0 Å². The van der Waals surface area contributed by atoms with Crippen molar-refractivity contribution >= 4 is 16.9 Å². The van der Waals surface area contributed by atoms with Gasteiger partial charge in [-0.15, -0.1) is 0 Å². The number of carbonyl (C=O) groups is 1. The first-order valence-electron chi connectivity index (χ1n) is 8.82. The third kappa shape index (κ3) is 4.62. The summed E-state index contributed by atoms with van der Waals surface area (Å²) in [6.07, 6.45) is -0.645. The summed E-state index contributed by atoms with van der Waals surface area (Å²) in [4.78, 5) is 26.0. The van der Waals surface area contributed by atoms with E-state index in [1.54, 1.807) is 19.1 Å². The maximum absolute atomic E-state index is 12.2. The first-order chi connectivity index (χ1) is 12.5. The lowest BCUT2D eigenvalue weighted by molar-refractivity contribution is -0.127. The van der Waals surface area contributed by atoms with Gasteiger partial charge in [0, 0.05) is 43.7 Å². The van der Waals surface area contributed by atoms with E-state index >= 15 is 0 Å². The molecule has 1 saturated heterocycles. The van der Waals surface area contributed by atoms with Crippen LogP contribution in [0.3, 0.4) is 0 Å². The fourth-order valence-electron chi connectivity index (χ4n) is 2.94. The molecule has 26 heavy (non-hydrogen) atoms. The van der Waals surface area contributed by atoms with Crippen molar-refractivity contribution in [3.8, 4) is 5.75 Å². The average Bonchev–Trinajstić information content (AvgIpc) is 2.62. The zero-order valence-electron chi connectivity index (χ0n) is 15.1. The number of rotatable bonds is 6. The number of morpholine rings is 1. The molecule has 0 bridgehead atoms. The van der Waals surface area contributed by atoms with Crippen LogP contribution >= 0.6 is 0 Å². The first-order valence-corrected chi connectivity index (χ1v) is 8.82. The average molecular weight is 360 g/mol. The van der Waals surface area contributed by atoms with Crippen LogP contribution in [-0.2, 0) is 9.53 Å². The van der Waals surface area contributed by atoms with Gasteiger partial charge in [0.05, 0.1) is 13.2 Å². The first kappa shape index (κ1) is 18.4. The molecular weight excluding hydrogens is 336 g/mol. The van der Waals surface area contributed by atoms with Crippen LogP contribution in [0.1, 0.15) is 12.5 Å². The number of carbonyl (C=O) groups excluding carboxylic acids is 1. The summed E-state index contributed by atoms with van der Waals surface area (Å²) in [6.45, 7) is 8.18. The van der Waals surface area contributed by atoms with Gasteiger partial charge in [0.2, 0.25) is 0 Å². The molecule has 1 atom stereocenters. The summed E-state index contributed by atoms with van der Waals surface area (Å²) in [5, 5.41) is 3.73. The predicted octanol–water partition coefficient (Wildman–Crippen LogP) is 1.32. The molecule has 1 aliphatic heterocycles. The zero-order valence-corrected chi connectivity index (χ0v) is 15.1. The molecule has 0 radical (unpaired) electrons. The minimum Gasteiger partial charge on any atom is -0.481 e. The maximum Gasteiger partial charge on any atom is 0.336 e. The largest absolute Gasteiger partial charge is 0.481 e. The van der Waals surface area contributed by atoms with Crippen LogP contribution in [-0.4, -0.2) is 56.3 Å². The lowest BCUT2D eigenvalue weighted by atomic mass is 10.1. The quantitative estimate of drug-likeness (QED) is 0.783. The van der Waals surface area contributed by atoms with E-state index in [1.807, 2.05) is 13.0 Å². The molecule has 2 aromatic rings. The number of fused-ring (bicyclic) bond motifs is 1. The fraction of sp³-hybridized carbons (Fsp3) is 0.474. The number of nitrogens with zero attached hydrogens (tertiary/aromatic N) is 1. The Kier molecular flexibility index (Phi) is 5.90. The number of ether oxygens (including phenoxy) is 2. The molecule has 0 spiro atoms. The molecule has 7 nitrogen and oxygen atoms in total. The molecule has 3 rings (SSSR count). The van der Waals surface area contributed by atoms with E-state index in [-0.39, 0.29) is 5.91 Å². The van der Waals surface area contributed by atoms with Crippen molar-refractivity contribution in [2.24, 2.45) is 0 Å². The molecule has 1 fully saturated rings. The highest BCUT2D eigenvalue weighted by Crippen LogP contribution is 2.22. The van der Waals surface area contributed by atoms with Crippen LogP contribution < -0.4 is 15.7 Å². The Labute approximate surface area is 151 Å². The summed E-state index contributed by atoms with van der Waals surface area (Å²) in [7, 11) is 0. The van der Waals surface area contributed by atoms with E-state index in [2.05, 4.69) is 10.2 Å². The van der Waals surface area contributed by atoms with Gasteiger partial charge in [-0.05, 0) is 31.5 Å². The van der Waals surface area contributed by atoms with Crippen LogP contribution in [0.2, 0.25) is 0 Å². The minimum atomic E-state index is -0.645. The van der Waals surface area contributed by atoms with Crippen LogP contribution in [0.25, 0.3) is 11.0 Å². The molecule has 140 valence electrons. The maximum atomic E-state index is 12.2. The molecule has 1 aliphatic rings. The molecule has 0 aliphatic carbocycles. The summed E-state index contributed by atoms with van der Waals surface area (Å²) >= 11 is 0. The fourth-order valence-corrected chi connectivity index (χ4v) is 2.94. The molecule has 1 aromatic carbocycles. The second-order valence-corrected chi connectivity index (χ2v) is 6.41. The number of aryl methyl sites for hydroxylation is 1. The monoisotopic (exact) mass is 360 g/mol. The van der Waals surface area contributed by atoms with Crippen molar-refractivity contribution in [3.63, 3.8) is 0 Å². The smallest absolute Gasteiger partial charge is 0.336 e. The SMILES string of the molecule is Cc1cc(=O)oc2cc(OC(C)C(=O)NCCN3CCOCC3)ccc12. The Morgan fingerprint density at radius 3 is 2.85 bits per heavy atom. The molecule has 1 aromatic heterocycles. The normalized spacial score (nSPS) is 16.4. The van der Waals surface area contributed by atoms with Crippen molar-refractivity contribution < 1.29 is 18.7 Å². The van der Waals surface area contributed by atoms with Gasteiger partial charge >= 0.3 is 5.63 Å². The second-order valence-electron chi connectivity index (χ2n) is 6.41. The topological polar surface area (TPSA) is 81.0 Å². The van der Waals surface area contributed by atoms with E-state index in [9.17, 15) is 9.59 Å². The highest BCUT2D eigenvalue weighted by atomic mass is 16.5. The van der Waals surface area contributed by atoms with Crippen molar-refractivity contribution in [1.29, 1.82) is 0 Å². The van der Waals surface area contributed by atoms with Gasteiger partial charge < -0.3 is 19.2 Å². The predicted molar refractivity (Wildman–Crippen MR) is 97.6 cm³/mol. The summed E-state index contributed by atoms with van der Waals surface area (Å²) in [5.41, 5.74) is 0.894. The van der Waals surface area contributed by atoms with Gasteiger partial charge in [-0.2, -0.15) is 0 Å². The highest BCUT2D eigenvalue weighted by molar-refractivity contribution is 5.82. The van der Waals surface area contributed by atoms with Crippen LogP contribution in [0.15, 0.2) is 33.5 Å². The van der Waals surface area contributed by atoms with E-state index in [4.69, 9.17) is 13.9 Å². The van der Waals surface area contributed by atoms with E-state index in [1.165, 1.54) is 6.07 Å². The molecule has 0 saturated carbocycles. The molecule has 7 heteroatoms. The van der Waals surface area contributed by atoms with Crippen LogP contribution in [0, 0.1) is 6.92 Å². The Bertz CT molecular complexity index is 826. The molecule has 1 amide bonds. The van der Waals surface area contributed by atoms with Crippen LogP contribution in [0.5, 0.6) is 5.75 Å². The van der Waals surface area contributed by atoms with Crippen molar-refractivity contribution in [2.75, 3.05) is 39.4 Å². The molecular formula is C19H24N2O5. The third-order valence-corrected chi connectivity index (χ3v) is 4.44. The Hall–Kier alpha value is -2.38.